The van der Waals surface area contributed by atoms with Gasteiger partial charge in [-0.1, -0.05) is 36.4 Å². The molecule has 0 bridgehead atoms. The van der Waals surface area contributed by atoms with Crippen LogP contribution in [-0.2, 0) is 9.53 Å². The summed E-state index contributed by atoms with van der Waals surface area (Å²) in [6.45, 7) is 5.07. The number of esters is 1. The molecule has 0 saturated carbocycles. The van der Waals surface area contributed by atoms with Gasteiger partial charge in [0.05, 0.1) is 18.4 Å². The Morgan fingerprint density at radius 2 is 1.71 bits per heavy atom. The van der Waals surface area contributed by atoms with Crippen LogP contribution in [0.5, 0.6) is 5.75 Å². The van der Waals surface area contributed by atoms with Crippen molar-refractivity contribution >= 4 is 17.6 Å². The van der Waals surface area contributed by atoms with E-state index < -0.39 is 24.0 Å². The minimum Gasteiger partial charge on any atom is -0.481 e. The number of benzene rings is 2. The zero-order chi connectivity index (χ0) is 22.4. The first-order valence-corrected chi connectivity index (χ1v) is 9.76. The number of anilines is 1. The summed E-state index contributed by atoms with van der Waals surface area (Å²) in [6.07, 6.45) is 0. The molecule has 2 aromatic carbocycles. The maximum atomic E-state index is 12.7. The molecule has 0 aliphatic carbocycles. The Labute approximate surface area is 179 Å². The van der Waals surface area contributed by atoms with E-state index in [9.17, 15) is 14.4 Å². The lowest BCUT2D eigenvalue weighted by Gasteiger charge is -2.14. The molecule has 0 radical (unpaired) electrons. The molecule has 0 aliphatic heterocycles. The van der Waals surface area contributed by atoms with Gasteiger partial charge in [-0.2, -0.15) is 9.78 Å². The molecule has 1 amide bonds. The highest BCUT2D eigenvalue weighted by molar-refractivity contribution is 5.93. The molecular weight excluding hydrogens is 398 g/mol. The number of carbonyl (C=O) groups excluding carboxylic acids is 2. The average molecular weight is 421 g/mol. The number of hydrogen-bond acceptors (Lipinski definition) is 6. The Morgan fingerprint density at radius 1 is 1.03 bits per heavy atom. The van der Waals surface area contributed by atoms with Crippen molar-refractivity contribution in [2.24, 2.45) is 0 Å². The highest BCUT2D eigenvalue weighted by Gasteiger charge is 2.21. The molecule has 0 atom stereocenters. The van der Waals surface area contributed by atoms with Crippen molar-refractivity contribution < 1.29 is 19.1 Å². The lowest BCUT2D eigenvalue weighted by atomic mass is 10.2. The minimum atomic E-state index is -0.751. The lowest BCUT2D eigenvalue weighted by molar-refractivity contribution is -0.118. The SMILES string of the molecule is CCOC(=O)c1nn(-c2ccccc2C)c(=O)cc1OCC(=O)Nc1ccccc1C. The first-order valence-electron chi connectivity index (χ1n) is 9.76. The molecule has 0 spiro atoms. The molecule has 0 fully saturated rings. The molecule has 1 N–H and O–H groups in total. The Bertz CT molecular complexity index is 1170. The summed E-state index contributed by atoms with van der Waals surface area (Å²) >= 11 is 0. The molecular formula is C23H23N3O5. The molecule has 8 nitrogen and oxygen atoms in total. The molecule has 0 aliphatic rings. The lowest BCUT2D eigenvalue weighted by Crippen LogP contribution is -2.27. The molecule has 3 aromatic rings. The number of aryl methyl sites for hydroxylation is 2. The van der Waals surface area contributed by atoms with E-state index in [0.29, 0.717) is 11.4 Å². The van der Waals surface area contributed by atoms with Crippen LogP contribution in [0.4, 0.5) is 5.69 Å². The van der Waals surface area contributed by atoms with Crippen LogP contribution in [0.15, 0.2) is 59.4 Å². The molecule has 1 heterocycles. The predicted octanol–water partition coefficient (Wildman–Crippen LogP) is 3.04. The Kier molecular flexibility index (Phi) is 6.81. The van der Waals surface area contributed by atoms with E-state index in [4.69, 9.17) is 9.47 Å². The predicted molar refractivity (Wildman–Crippen MR) is 116 cm³/mol. The quantitative estimate of drug-likeness (QED) is 0.589. The molecule has 3 rings (SSSR count). The zero-order valence-corrected chi connectivity index (χ0v) is 17.5. The number of amides is 1. The molecule has 0 unspecified atom stereocenters. The fraction of sp³-hybridized carbons (Fsp3) is 0.217. The van der Waals surface area contributed by atoms with Gasteiger partial charge in [0.15, 0.2) is 12.4 Å². The van der Waals surface area contributed by atoms with E-state index in [1.54, 1.807) is 31.2 Å². The second-order valence-electron chi connectivity index (χ2n) is 6.77. The van der Waals surface area contributed by atoms with Crippen LogP contribution in [-0.4, -0.2) is 34.9 Å². The number of para-hydroxylation sites is 2. The molecule has 31 heavy (non-hydrogen) atoms. The fourth-order valence-electron chi connectivity index (χ4n) is 2.91. The maximum Gasteiger partial charge on any atom is 0.362 e. The van der Waals surface area contributed by atoms with Gasteiger partial charge >= 0.3 is 5.97 Å². The van der Waals surface area contributed by atoms with Crippen molar-refractivity contribution in [2.45, 2.75) is 20.8 Å². The molecule has 0 saturated heterocycles. The van der Waals surface area contributed by atoms with Gasteiger partial charge in [-0.15, -0.1) is 0 Å². The first kappa shape index (κ1) is 21.8. The highest BCUT2D eigenvalue weighted by Crippen LogP contribution is 2.18. The Hall–Kier alpha value is -3.94. The summed E-state index contributed by atoms with van der Waals surface area (Å²) in [5.41, 5.74) is 2.19. The van der Waals surface area contributed by atoms with Crippen LogP contribution in [0, 0.1) is 13.8 Å². The topological polar surface area (TPSA) is 99.5 Å². The average Bonchev–Trinajstić information content (AvgIpc) is 2.75. The molecule has 160 valence electrons. The van der Waals surface area contributed by atoms with E-state index >= 15 is 0 Å². The van der Waals surface area contributed by atoms with Gasteiger partial charge in [-0.3, -0.25) is 9.59 Å². The number of nitrogens with one attached hydrogen (secondary N) is 1. The van der Waals surface area contributed by atoms with Crippen molar-refractivity contribution in [2.75, 3.05) is 18.5 Å². The third-order valence-corrected chi connectivity index (χ3v) is 4.49. The van der Waals surface area contributed by atoms with E-state index in [0.717, 1.165) is 21.9 Å². The number of aromatic nitrogens is 2. The van der Waals surface area contributed by atoms with E-state index in [2.05, 4.69) is 10.4 Å². The van der Waals surface area contributed by atoms with E-state index in [1.165, 1.54) is 0 Å². The van der Waals surface area contributed by atoms with Crippen LogP contribution in [0.2, 0.25) is 0 Å². The number of hydrogen-bond donors (Lipinski definition) is 1. The highest BCUT2D eigenvalue weighted by atomic mass is 16.5. The number of carbonyl (C=O) groups is 2. The van der Waals surface area contributed by atoms with Crippen LogP contribution in [0.3, 0.4) is 0 Å². The molecule has 1 aromatic heterocycles. The summed E-state index contributed by atoms with van der Waals surface area (Å²) in [4.78, 5) is 37.4. The summed E-state index contributed by atoms with van der Waals surface area (Å²) < 4.78 is 11.7. The largest absolute Gasteiger partial charge is 0.481 e. The van der Waals surface area contributed by atoms with Crippen LogP contribution in [0.25, 0.3) is 5.69 Å². The van der Waals surface area contributed by atoms with Gasteiger partial charge in [-0.05, 0) is 44.0 Å². The van der Waals surface area contributed by atoms with Crippen molar-refractivity contribution in [1.82, 2.24) is 9.78 Å². The summed E-state index contributed by atoms with van der Waals surface area (Å²) in [6, 6.07) is 15.6. The minimum absolute atomic E-state index is 0.117. The van der Waals surface area contributed by atoms with Crippen LogP contribution in [0.1, 0.15) is 28.5 Å². The van der Waals surface area contributed by atoms with Crippen molar-refractivity contribution in [3.63, 3.8) is 0 Å². The van der Waals surface area contributed by atoms with Crippen molar-refractivity contribution in [3.05, 3.63) is 81.8 Å². The van der Waals surface area contributed by atoms with Crippen LogP contribution >= 0.6 is 0 Å². The van der Waals surface area contributed by atoms with Gasteiger partial charge in [0.1, 0.15) is 0 Å². The van der Waals surface area contributed by atoms with Crippen molar-refractivity contribution in [3.8, 4) is 11.4 Å². The smallest absolute Gasteiger partial charge is 0.362 e. The maximum absolute atomic E-state index is 12.7. The van der Waals surface area contributed by atoms with Crippen LogP contribution < -0.4 is 15.6 Å². The van der Waals surface area contributed by atoms with Gasteiger partial charge in [0.2, 0.25) is 5.69 Å². The normalized spacial score (nSPS) is 10.4. The van der Waals surface area contributed by atoms with Gasteiger partial charge in [0, 0.05) is 5.69 Å². The number of nitrogens with zero attached hydrogens (tertiary/aromatic N) is 2. The fourth-order valence-corrected chi connectivity index (χ4v) is 2.91. The number of ether oxygens (including phenoxy) is 2. The third-order valence-electron chi connectivity index (χ3n) is 4.49. The van der Waals surface area contributed by atoms with Gasteiger partial charge in [-0.25, -0.2) is 4.79 Å². The standard InChI is InChI=1S/C23H23N3O5/c1-4-30-23(29)22-19(31-14-20(27)24-17-11-7-5-9-15(17)2)13-21(28)26(25-22)18-12-8-6-10-16(18)3/h5-13H,4,14H2,1-3H3,(H,24,27). The van der Waals surface area contributed by atoms with Crippen molar-refractivity contribution in [1.29, 1.82) is 0 Å². The van der Waals surface area contributed by atoms with Gasteiger partial charge < -0.3 is 14.8 Å². The number of rotatable bonds is 7. The van der Waals surface area contributed by atoms with E-state index in [1.807, 2.05) is 38.1 Å². The van der Waals surface area contributed by atoms with E-state index in [-0.39, 0.29) is 18.1 Å². The third kappa shape index (κ3) is 5.16. The molecule has 8 heteroatoms. The second-order valence-corrected chi connectivity index (χ2v) is 6.77. The summed E-state index contributed by atoms with van der Waals surface area (Å²) in [7, 11) is 0. The summed E-state index contributed by atoms with van der Waals surface area (Å²) in [5, 5.41) is 6.90. The second kappa shape index (κ2) is 9.71. The summed E-state index contributed by atoms with van der Waals surface area (Å²) in [5.74, 6) is -1.31. The van der Waals surface area contributed by atoms with Gasteiger partial charge in [0.25, 0.3) is 11.5 Å². The Morgan fingerprint density at radius 3 is 2.39 bits per heavy atom. The first-order chi connectivity index (χ1) is 14.9. The Balaban J connectivity index is 1.88. The monoisotopic (exact) mass is 421 g/mol. The zero-order valence-electron chi connectivity index (χ0n) is 17.5.